The summed E-state index contributed by atoms with van der Waals surface area (Å²) in [5.41, 5.74) is 0.729. The molecule has 4 nitrogen and oxygen atoms in total. The number of halogens is 3. The van der Waals surface area contributed by atoms with E-state index in [9.17, 15) is 18.0 Å². The Bertz CT molecular complexity index is 717. The first-order chi connectivity index (χ1) is 12.3. The van der Waals surface area contributed by atoms with E-state index in [0.717, 1.165) is 17.7 Å². The van der Waals surface area contributed by atoms with E-state index in [4.69, 9.17) is 0 Å². The first-order valence-corrected chi connectivity index (χ1v) is 8.16. The topological polar surface area (TPSA) is 44.4 Å². The zero-order valence-electron chi connectivity index (χ0n) is 14.7. The Labute approximate surface area is 151 Å². The van der Waals surface area contributed by atoms with Crippen molar-refractivity contribution in [3.63, 3.8) is 0 Å². The van der Waals surface area contributed by atoms with Gasteiger partial charge >= 0.3 is 12.2 Å². The molecule has 2 N–H and O–H groups in total. The Morgan fingerprint density at radius 3 is 2.35 bits per heavy atom. The molecule has 0 spiro atoms. The largest absolute Gasteiger partial charge is 0.416 e. The maximum atomic E-state index is 12.7. The SMILES string of the molecule is CN(C)C(CNC(=O)NCc1cccc(C(F)(F)F)c1)c1ccccc1. The molecule has 0 saturated carbocycles. The number of carbonyl (C=O) groups excluding carboxylic acids is 1. The van der Waals surface area contributed by atoms with Gasteiger partial charge in [0.15, 0.2) is 0 Å². The fourth-order valence-corrected chi connectivity index (χ4v) is 2.57. The van der Waals surface area contributed by atoms with Gasteiger partial charge in [-0.15, -0.1) is 0 Å². The number of alkyl halides is 3. The molecule has 2 aromatic rings. The van der Waals surface area contributed by atoms with Crippen LogP contribution in [0.4, 0.5) is 18.0 Å². The summed E-state index contributed by atoms with van der Waals surface area (Å²) in [7, 11) is 3.83. The van der Waals surface area contributed by atoms with E-state index in [1.807, 2.05) is 49.3 Å². The van der Waals surface area contributed by atoms with Gasteiger partial charge < -0.3 is 15.5 Å². The van der Waals surface area contributed by atoms with Crippen LogP contribution in [0.5, 0.6) is 0 Å². The summed E-state index contributed by atoms with van der Waals surface area (Å²) >= 11 is 0. The van der Waals surface area contributed by atoms with Gasteiger partial charge in [0.25, 0.3) is 0 Å². The smallest absolute Gasteiger partial charge is 0.336 e. The molecule has 7 heteroatoms. The Hall–Kier alpha value is -2.54. The minimum atomic E-state index is -4.40. The Balaban J connectivity index is 1.89. The quantitative estimate of drug-likeness (QED) is 0.818. The molecule has 0 aliphatic rings. The van der Waals surface area contributed by atoms with E-state index in [1.54, 1.807) is 6.07 Å². The summed E-state index contributed by atoms with van der Waals surface area (Å²) < 4.78 is 38.1. The van der Waals surface area contributed by atoms with Crippen LogP contribution in [0.3, 0.4) is 0 Å². The van der Waals surface area contributed by atoms with Gasteiger partial charge in [-0.2, -0.15) is 13.2 Å². The van der Waals surface area contributed by atoms with Crippen molar-refractivity contribution in [1.29, 1.82) is 0 Å². The summed E-state index contributed by atoms with van der Waals surface area (Å²) in [6.07, 6.45) is -4.40. The molecule has 0 bridgehead atoms. The highest BCUT2D eigenvalue weighted by molar-refractivity contribution is 5.73. The summed E-state index contributed by atoms with van der Waals surface area (Å²) in [6, 6.07) is 14.2. The second-order valence-corrected chi connectivity index (χ2v) is 6.15. The molecule has 0 saturated heterocycles. The van der Waals surface area contributed by atoms with Crippen molar-refractivity contribution in [2.75, 3.05) is 20.6 Å². The number of nitrogens with one attached hydrogen (secondary N) is 2. The molecule has 2 amide bonds. The lowest BCUT2D eigenvalue weighted by Gasteiger charge is -2.25. The number of nitrogens with zero attached hydrogens (tertiary/aromatic N) is 1. The minimum absolute atomic E-state index is 0.00416. The van der Waals surface area contributed by atoms with Gasteiger partial charge in [0.2, 0.25) is 0 Å². The van der Waals surface area contributed by atoms with E-state index >= 15 is 0 Å². The number of hydrogen-bond acceptors (Lipinski definition) is 2. The molecule has 1 atom stereocenters. The first kappa shape index (κ1) is 19.8. The average molecular weight is 365 g/mol. The zero-order chi connectivity index (χ0) is 19.2. The van der Waals surface area contributed by atoms with E-state index in [0.29, 0.717) is 12.1 Å². The Kier molecular flexibility index (Phi) is 6.63. The lowest BCUT2D eigenvalue weighted by molar-refractivity contribution is -0.137. The molecular formula is C19H22F3N3O. The van der Waals surface area contributed by atoms with Gasteiger partial charge in [-0.1, -0.05) is 42.5 Å². The molecule has 26 heavy (non-hydrogen) atoms. The van der Waals surface area contributed by atoms with Crippen molar-refractivity contribution < 1.29 is 18.0 Å². The predicted octanol–water partition coefficient (Wildman–Crippen LogP) is 3.81. The van der Waals surface area contributed by atoms with Gasteiger partial charge in [-0.05, 0) is 37.4 Å². The van der Waals surface area contributed by atoms with Crippen LogP contribution in [0, 0.1) is 0 Å². The van der Waals surface area contributed by atoms with Gasteiger partial charge in [0, 0.05) is 13.1 Å². The summed E-state index contributed by atoms with van der Waals surface area (Å²) in [5.74, 6) is 0. The molecular weight excluding hydrogens is 343 g/mol. The van der Waals surface area contributed by atoms with Crippen LogP contribution in [-0.4, -0.2) is 31.6 Å². The third kappa shape index (κ3) is 5.77. The van der Waals surface area contributed by atoms with E-state index in [1.165, 1.54) is 6.07 Å². The number of benzene rings is 2. The van der Waals surface area contributed by atoms with Crippen molar-refractivity contribution in [1.82, 2.24) is 15.5 Å². The standard InChI is InChI=1S/C19H22F3N3O/c1-25(2)17(15-8-4-3-5-9-15)13-24-18(26)23-12-14-7-6-10-16(11-14)19(20,21)22/h3-11,17H,12-13H2,1-2H3,(H2,23,24,26). The van der Waals surface area contributed by atoms with Gasteiger partial charge in [-0.25, -0.2) is 4.79 Å². The van der Waals surface area contributed by atoms with Crippen molar-refractivity contribution in [3.05, 3.63) is 71.3 Å². The maximum Gasteiger partial charge on any atom is 0.416 e. The molecule has 0 aliphatic heterocycles. The highest BCUT2D eigenvalue weighted by Crippen LogP contribution is 2.29. The third-order valence-corrected chi connectivity index (χ3v) is 3.97. The molecule has 0 radical (unpaired) electrons. The van der Waals surface area contributed by atoms with Gasteiger partial charge in [0.1, 0.15) is 0 Å². The van der Waals surface area contributed by atoms with E-state index in [2.05, 4.69) is 10.6 Å². The van der Waals surface area contributed by atoms with Crippen LogP contribution in [0.25, 0.3) is 0 Å². The second kappa shape index (κ2) is 8.71. The first-order valence-electron chi connectivity index (χ1n) is 8.16. The molecule has 0 heterocycles. The molecule has 2 aromatic carbocycles. The number of rotatable bonds is 6. The molecule has 0 aliphatic carbocycles. The summed E-state index contributed by atoms with van der Waals surface area (Å²) in [4.78, 5) is 14.0. The van der Waals surface area contributed by atoms with Crippen molar-refractivity contribution in [2.24, 2.45) is 0 Å². The van der Waals surface area contributed by atoms with Crippen LogP contribution in [0.2, 0.25) is 0 Å². The van der Waals surface area contributed by atoms with Crippen LogP contribution in [0.15, 0.2) is 54.6 Å². The number of likely N-dealkylation sites (N-methyl/N-ethyl adjacent to an activating group) is 1. The summed E-state index contributed by atoms with van der Waals surface area (Å²) in [5, 5.41) is 5.35. The zero-order valence-corrected chi connectivity index (χ0v) is 14.7. The number of hydrogen-bond donors (Lipinski definition) is 2. The van der Waals surface area contributed by atoms with Crippen LogP contribution in [-0.2, 0) is 12.7 Å². The molecule has 1 unspecified atom stereocenters. The molecule has 0 fully saturated rings. The minimum Gasteiger partial charge on any atom is -0.336 e. The van der Waals surface area contributed by atoms with Gasteiger partial charge in [0.05, 0.1) is 11.6 Å². The number of amides is 2. The van der Waals surface area contributed by atoms with Crippen molar-refractivity contribution in [3.8, 4) is 0 Å². The molecule has 0 aromatic heterocycles. The number of urea groups is 1. The lowest BCUT2D eigenvalue weighted by Crippen LogP contribution is -2.40. The average Bonchev–Trinajstić information content (AvgIpc) is 2.60. The van der Waals surface area contributed by atoms with E-state index < -0.39 is 17.8 Å². The monoisotopic (exact) mass is 365 g/mol. The third-order valence-electron chi connectivity index (χ3n) is 3.97. The maximum absolute atomic E-state index is 12.7. The molecule has 2 rings (SSSR count). The Morgan fingerprint density at radius 2 is 1.73 bits per heavy atom. The molecule has 140 valence electrons. The Morgan fingerprint density at radius 1 is 1.04 bits per heavy atom. The normalized spacial score (nSPS) is 12.7. The van der Waals surface area contributed by atoms with Gasteiger partial charge in [-0.3, -0.25) is 0 Å². The number of carbonyl (C=O) groups is 1. The second-order valence-electron chi connectivity index (χ2n) is 6.15. The summed E-state index contributed by atoms with van der Waals surface area (Å²) in [6.45, 7) is 0.402. The van der Waals surface area contributed by atoms with Crippen LogP contribution >= 0.6 is 0 Å². The van der Waals surface area contributed by atoms with Crippen molar-refractivity contribution in [2.45, 2.75) is 18.8 Å². The lowest BCUT2D eigenvalue weighted by atomic mass is 10.1. The van der Waals surface area contributed by atoms with Crippen molar-refractivity contribution >= 4 is 6.03 Å². The highest BCUT2D eigenvalue weighted by atomic mass is 19.4. The van der Waals surface area contributed by atoms with Crippen LogP contribution in [0.1, 0.15) is 22.7 Å². The van der Waals surface area contributed by atoms with E-state index in [-0.39, 0.29) is 12.6 Å². The fraction of sp³-hybridized carbons (Fsp3) is 0.316. The fourth-order valence-electron chi connectivity index (χ4n) is 2.57. The van der Waals surface area contributed by atoms with Crippen LogP contribution < -0.4 is 10.6 Å². The highest BCUT2D eigenvalue weighted by Gasteiger charge is 2.30. The predicted molar refractivity (Wildman–Crippen MR) is 94.6 cm³/mol.